The zero-order valence-corrected chi connectivity index (χ0v) is 27.2. The molecular formula is C34H44N6O4S. The topological polar surface area (TPSA) is 89.6 Å². The van der Waals surface area contributed by atoms with Crippen LogP contribution < -0.4 is 14.9 Å². The van der Waals surface area contributed by atoms with Gasteiger partial charge >= 0.3 is 6.03 Å². The fourth-order valence-corrected chi connectivity index (χ4v) is 7.42. The number of likely N-dealkylation sites (tertiary alicyclic amines) is 1. The SMILES string of the molecule is CC1COCCN1C1=CN(c2ccc(NC(=O)Nc3ccc(C(=O)N4CCC(N(C)C)C4)cc3)cc2)SC(C2CCOCC2)=C1. The van der Waals surface area contributed by atoms with Gasteiger partial charge in [-0.05, 0) is 113 Å². The summed E-state index contributed by atoms with van der Waals surface area (Å²) in [6, 6.07) is 15.4. The largest absolute Gasteiger partial charge is 0.381 e. The highest BCUT2D eigenvalue weighted by Gasteiger charge is 2.29. The number of nitrogens with zero attached hydrogens (tertiary/aromatic N) is 4. The van der Waals surface area contributed by atoms with Gasteiger partial charge in [0.2, 0.25) is 0 Å². The molecule has 0 spiro atoms. The van der Waals surface area contributed by atoms with Crippen LogP contribution in [0.15, 0.2) is 71.4 Å². The van der Waals surface area contributed by atoms with E-state index in [9.17, 15) is 9.59 Å². The van der Waals surface area contributed by atoms with E-state index in [-0.39, 0.29) is 11.9 Å². The predicted octanol–water partition coefficient (Wildman–Crippen LogP) is 5.45. The molecule has 2 N–H and O–H groups in total. The smallest absolute Gasteiger partial charge is 0.323 e. The molecule has 11 heteroatoms. The lowest BCUT2D eigenvalue weighted by molar-refractivity contribution is 0.0186. The molecule has 4 heterocycles. The molecule has 4 aliphatic heterocycles. The Labute approximate surface area is 270 Å². The normalized spacial score (nSPS) is 22.7. The van der Waals surface area contributed by atoms with Crippen LogP contribution in [-0.2, 0) is 9.47 Å². The zero-order chi connectivity index (χ0) is 31.3. The number of allylic oxidation sites excluding steroid dienone is 2. The van der Waals surface area contributed by atoms with Crippen LogP contribution in [0.2, 0.25) is 0 Å². The highest BCUT2D eigenvalue weighted by atomic mass is 32.2. The van der Waals surface area contributed by atoms with Gasteiger partial charge in [-0.2, -0.15) is 0 Å². The Morgan fingerprint density at radius 3 is 2.22 bits per heavy atom. The number of carbonyl (C=O) groups is 2. The second kappa shape index (κ2) is 14.3. The number of nitrogens with one attached hydrogen (secondary N) is 2. The van der Waals surface area contributed by atoms with E-state index in [0.29, 0.717) is 34.9 Å². The van der Waals surface area contributed by atoms with Crippen molar-refractivity contribution in [1.82, 2.24) is 14.7 Å². The lowest BCUT2D eigenvalue weighted by atomic mass is 9.99. The first kappa shape index (κ1) is 31.5. The van der Waals surface area contributed by atoms with Crippen molar-refractivity contribution in [3.05, 3.63) is 77.0 Å². The Morgan fingerprint density at radius 1 is 0.889 bits per heavy atom. The van der Waals surface area contributed by atoms with Crippen molar-refractivity contribution in [2.75, 3.05) is 75.1 Å². The maximum atomic E-state index is 12.9. The Balaban J connectivity index is 1.07. The van der Waals surface area contributed by atoms with Gasteiger partial charge in [-0.1, -0.05) is 0 Å². The Hall–Kier alpha value is -3.51. The van der Waals surface area contributed by atoms with Crippen LogP contribution in [0, 0.1) is 5.92 Å². The molecule has 240 valence electrons. The van der Waals surface area contributed by atoms with Crippen LogP contribution in [0.4, 0.5) is 21.9 Å². The number of rotatable bonds is 7. The zero-order valence-electron chi connectivity index (χ0n) is 26.4. The molecule has 2 aromatic rings. The molecule has 3 amide bonds. The van der Waals surface area contributed by atoms with Gasteiger partial charge in [0.1, 0.15) is 0 Å². The van der Waals surface area contributed by atoms with Crippen molar-refractivity contribution in [1.29, 1.82) is 0 Å². The highest BCUT2D eigenvalue weighted by molar-refractivity contribution is 8.04. The van der Waals surface area contributed by atoms with E-state index >= 15 is 0 Å². The van der Waals surface area contributed by atoms with Crippen LogP contribution in [-0.4, -0.2) is 98.9 Å². The summed E-state index contributed by atoms with van der Waals surface area (Å²) in [6.07, 6.45) is 7.62. The van der Waals surface area contributed by atoms with Gasteiger partial charge in [0.05, 0.1) is 24.6 Å². The van der Waals surface area contributed by atoms with Crippen LogP contribution in [0.3, 0.4) is 0 Å². The van der Waals surface area contributed by atoms with Crippen LogP contribution in [0.25, 0.3) is 0 Å². The summed E-state index contributed by atoms with van der Waals surface area (Å²) in [7, 11) is 4.10. The minimum Gasteiger partial charge on any atom is -0.381 e. The molecule has 2 atom stereocenters. The van der Waals surface area contributed by atoms with Crippen molar-refractivity contribution in [3.8, 4) is 0 Å². The van der Waals surface area contributed by atoms with Gasteiger partial charge in [-0.3, -0.25) is 9.10 Å². The molecule has 2 unspecified atom stereocenters. The number of benzene rings is 2. The first-order valence-electron chi connectivity index (χ1n) is 15.9. The molecule has 0 radical (unpaired) electrons. The van der Waals surface area contributed by atoms with Crippen LogP contribution in [0.1, 0.15) is 36.5 Å². The first-order chi connectivity index (χ1) is 21.8. The molecule has 4 aliphatic rings. The summed E-state index contributed by atoms with van der Waals surface area (Å²) < 4.78 is 13.6. The number of hydrogen-bond donors (Lipinski definition) is 2. The van der Waals surface area contributed by atoms with Crippen molar-refractivity contribution in [2.24, 2.45) is 5.92 Å². The van der Waals surface area contributed by atoms with Crippen LogP contribution in [0.5, 0.6) is 0 Å². The number of likely N-dealkylation sites (N-methyl/N-ethyl adjacent to an activating group) is 1. The van der Waals surface area contributed by atoms with Gasteiger partial charge in [-0.15, -0.1) is 0 Å². The fourth-order valence-electron chi connectivity index (χ4n) is 6.25. The average molecular weight is 633 g/mol. The summed E-state index contributed by atoms with van der Waals surface area (Å²) in [6.45, 7) is 7.64. The van der Waals surface area contributed by atoms with Gasteiger partial charge < -0.3 is 34.8 Å². The van der Waals surface area contributed by atoms with E-state index < -0.39 is 0 Å². The number of amides is 3. The number of hydrogen-bond acceptors (Lipinski definition) is 8. The monoisotopic (exact) mass is 632 g/mol. The number of morpholine rings is 1. The molecule has 10 nitrogen and oxygen atoms in total. The lowest BCUT2D eigenvalue weighted by Crippen LogP contribution is -2.43. The minimum atomic E-state index is -0.337. The molecule has 2 aromatic carbocycles. The van der Waals surface area contributed by atoms with Gasteiger partial charge in [-0.25, -0.2) is 4.79 Å². The quantitative estimate of drug-likeness (QED) is 0.390. The minimum absolute atomic E-state index is 0.0269. The van der Waals surface area contributed by atoms with E-state index in [1.54, 1.807) is 36.2 Å². The van der Waals surface area contributed by atoms with Crippen molar-refractivity contribution < 1.29 is 19.1 Å². The molecule has 3 saturated heterocycles. The number of urea groups is 1. The highest BCUT2D eigenvalue weighted by Crippen LogP contribution is 2.41. The number of carbonyl (C=O) groups excluding carboxylic acids is 2. The van der Waals surface area contributed by atoms with E-state index in [4.69, 9.17) is 9.47 Å². The van der Waals surface area contributed by atoms with E-state index in [1.165, 1.54) is 10.6 Å². The standard InChI is InChI=1S/C34H44N6O4S/c1-24-23-44-19-16-39(24)31-20-32(25-13-17-43-18-14-25)45-40(22-31)29-10-8-28(9-11-29)36-34(42)35-27-6-4-26(5-7-27)33(41)38-15-12-30(21-38)37(2)3/h4-11,20,22,24-25,30H,12-19,21,23H2,1-3H3,(H2,35,36,42). The summed E-state index contributed by atoms with van der Waals surface area (Å²) >= 11 is 1.77. The van der Waals surface area contributed by atoms with Crippen molar-refractivity contribution in [2.45, 2.75) is 38.3 Å². The molecular weight excluding hydrogens is 588 g/mol. The molecule has 0 saturated carbocycles. The summed E-state index contributed by atoms with van der Waals surface area (Å²) in [5.74, 6) is 0.512. The van der Waals surface area contributed by atoms with Crippen molar-refractivity contribution in [3.63, 3.8) is 0 Å². The maximum absolute atomic E-state index is 12.9. The summed E-state index contributed by atoms with van der Waals surface area (Å²) in [4.78, 5) is 33.6. The maximum Gasteiger partial charge on any atom is 0.323 e. The van der Waals surface area contributed by atoms with E-state index in [1.807, 2.05) is 43.3 Å². The van der Waals surface area contributed by atoms with Gasteiger partial charge in [0.15, 0.2) is 0 Å². The molecule has 3 fully saturated rings. The Morgan fingerprint density at radius 2 is 1.58 bits per heavy atom. The Kier molecular flexibility index (Phi) is 9.99. The third-order valence-corrected chi connectivity index (χ3v) is 10.2. The molecule has 45 heavy (non-hydrogen) atoms. The first-order valence-corrected chi connectivity index (χ1v) is 16.7. The fraction of sp³-hybridized carbons (Fsp3) is 0.471. The summed E-state index contributed by atoms with van der Waals surface area (Å²) in [5, 5.41) is 5.80. The molecule has 0 aliphatic carbocycles. The molecule has 6 rings (SSSR count). The van der Waals surface area contributed by atoms with E-state index in [0.717, 1.165) is 71.0 Å². The number of anilines is 3. The third-order valence-electron chi connectivity index (χ3n) is 9.02. The second-order valence-corrected chi connectivity index (χ2v) is 13.4. The number of ether oxygens (including phenoxy) is 2. The lowest BCUT2D eigenvalue weighted by Gasteiger charge is -2.39. The van der Waals surface area contributed by atoms with Crippen LogP contribution >= 0.6 is 11.9 Å². The average Bonchev–Trinajstić information content (AvgIpc) is 3.57. The Bertz CT molecular complexity index is 1410. The third kappa shape index (κ3) is 7.66. The molecule has 0 bridgehead atoms. The second-order valence-electron chi connectivity index (χ2n) is 12.4. The summed E-state index contributed by atoms with van der Waals surface area (Å²) in [5.41, 5.74) is 4.19. The molecule has 0 aromatic heterocycles. The van der Waals surface area contributed by atoms with Crippen molar-refractivity contribution >= 4 is 40.9 Å². The van der Waals surface area contributed by atoms with Gasteiger partial charge in [0.25, 0.3) is 5.91 Å². The van der Waals surface area contributed by atoms with Gasteiger partial charge in [0, 0.05) is 73.0 Å². The van der Waals surface area contributed by atoms with E-state index in [2.05, 4.69) is 43.9 Å². The predicted molar refractivity (Wildman–Crippen MR) is 180 cm³/mol.